The van der Waals surface area contributed by atoms with E-state index in [1.807, 2.05) is 6.92 Å². The average molecular weight is 258 g/mol. The molecule has 1 heterocycles. The standard InChI is InChI=1S/C11H16F2N4O/c1-3-4-17(6-9(18)15-2)11-8(13)5-7(12)10(14)16-11/h5H,3-4,6H2,1-2H3,(H2,14,16)(H,15,18). The van der Waals surface area contributed by atoms with Crippen LogP contribution in [0.3, 0.4) is 0 Å². The van der Waals surface area contributed by atoms with Gasteiger partial charge >= 0.3 is 0 Å². The molecule has 0 bridgehead atoms. The number of halogens is 2. The number of pyridine rings is 1. The third-order valence-corrected chi connectivity index (χ3v) is 2.34. The molecule has 1 aromatic heterocycles. The molecule has 1 rings (SSSR count). The van der Waals surface area contributed by atoms with Crippen LogP contribution in [0.5, 0.6) is 0 Å². The van der Waals surface area contributed by atoms with Gasteiger partial charge in [0.05, 0.1) is 6.54 Å². The molecule has 0 radical (unpaired) electrons. The molecule has 0 aromatic carbocycles. The predicted molar refractivity (Wildman–Crippen MR) is 65.1 cm³/mol. The molecule has 1 amide bonds. The molecule has 0 fully saturated rings. The summed E-state index contributed by atoms with van der Waals surface area (Å²) < 4.78 is 26.6. The number of nitrogens with two attached hydrogens (primary N) is 1. The van der Waals surface area contributed by atoms with Crippen molar-refractivity contribution in [3.05, 3.63) is 17.7 Å². The van der Waals surface area contributed by atoms with Gasteiger partial charge in [0.15, 0.2) is 23.3 Å². The number of hydrogen-bond acceptors (Lipinski definition) is 4. The van der Waals surface area contributed by atoms with Gasteiger partial charge in [0.25, 0.3) is 0 Å². The Balaban J connectivity index is 3.05. The van der Waals surface area contributed by atoms with Crippen LogP contribution in [0.2, 0.25) is 0 Å². The maximum Gasteiger partial charge on any atom is 0.239 e. The number of nitrogen functional groups attached to an aromatic ring is 1. The van der Waals surface area contributed by atoms with E-state index in [0.29, 0.717) is 19.0 Å². The fourth-order valence-corrected chi connectivity index (χ4v) is 1.47. The Morgan fingerprint density at radius 1 is 1.50 bits per heavy atom. The normalized spacial score (nSPS) is 10.2. The molecule has 7 heteroatoms. The highest BCUT2D eigenvalue weighted by atomic mass is 19.1. The van der Waals surface area contributed by atoms with E-state index in [4.69, 9.17) is 5.73 Å². The van der Waals surface area contributed by atoms with Gasteiger partial charge in [-0.2, -0.15) is 0 Å². The molecule has 0 aliphatic carbocycles. The number of nitrogens with zero attached hydrogens (tertiary/aromatic N) is 2. The van der Waals surface area contributed by atoms with Crippen LogP contribution in [-0.2, 0) is 4.79 Å². The molecule has 0 unspecified atom stereocenters. The molecule has 0 saturated heterocycles. The van der Waals surface area contributed by atoms with E-state index in [9.17, 15) is 13.6 Å². The number of rotatable bonds is 5. The Morgan fingerprint density at radius 3 is 2.72 bits per heavy atom. The molecule has 0 aliphatic rings. The molecule has 0 atom stereocenters. The van der Waals surface area contributed by atoms with E-state index >= 15 is 0 Å². The average Bonchev–Trinajstić information content (AvgIpc) is 2.33. The molecule has 0 aliphatic heterocycles. The number of aromatic nitrogens is 1. The zero-order chi connectivity index (χ0) is 13.7. The Labute approximate surface area is 104 Å². The van der Waals surface area contributed by atoms with E-state index < -0.39 is 11.6 Å². The van der Waals surface area contributed by atoms with Gasteiger partial charge < -0.3 is 16.0 Å². The van der Waals surface area contributed by atoms with Gasteiger partial charge in [-0.3, -0.25) is 4.79 Å². The first-order valence-electron chi connectivity index (χ1n) is 5.56. The van der Waals surface area contributed by atoms with Crippen LogP contribution in [-0.4, -0.2) is 31.0 Å². The highest BCUT2D eigenvalue weighted by molar-refractivity contribution is 5.80. The largest absolute Gasteiger partial charge is 0.381 e. The molecule has 0 saturated carbocycles. The molecule has 1 aromatic rings. The Bertz CT molecular complexity index is 439. The van der Waals surface area contributed by atoms with Crippen molar-refractivity contribution in [3.63, 3.8) is 0 Å². The summed E-state index contributed by atoms with van der Waals surface area (Å²) in [6, 6.07) is 0.671. The highest BCUT2D eigenvalue weighted by Gasteiger charge is 2.18. The summed E-state index contributed by atoms with van der Waals surface area (Å²) in [5, 5.41) is 2.43. The number of likely N-dealkylation sites (N-methyl/N-ethyl adjacent to an activating group) is 1. The topological polar surface area (TPSA) is 71.2 Å². The lowest BCUT2D eigenvalue weighted by Crippen LogP contribution is -2.37. The lowest BCUT2D eigenvalue weighted by molar-refractivity contribution is -0.119. The number of amides is 1. The van der Waals surface area contributed by atoms with Gasteiger partial charge in [-0.15, -0.1) is 0 Å². The van der Waals surface area contributed by atoms with E-state index in [1.165, 1.54) is 11.9 Å². The van der Waals surface area contributed by atoms with Gasteiger partial charge in [0.1, 0.15) is 0 Å². The summed E-state index contributed by atoms with van der Waals surface area (Å²) in [7, 11) is 1.48. The summed E-state index contributed by atoms with van der Waals surface area (Å²) in [5.41, 5.74) is 5.31. The summed E-state index contributed by atoms with van der Waals surface area (Å²) in [6.07, 6.45) is 0.690. The lowest BCUT2D eigenvalue weighted by Gasteiger charge is -2.22. The van der Waals surface area contributed by atoms with Gasteiger partial charge in [-0.1, -0.05) is 6.92 Å². The quantitative estimate of drug-likeness (QED) is 0.823. The fraction of sp³-hybridized carbons (Fsp3) is 0.455. The monoisotopic (exact) mass is 258 g/mol. The van der Waals surface area contributed by atoms with Crippen molar-refractivity contribution in [1.29, 1.82) is 0 Å². The van der Waals surface area contributed by atoms with Crippen molar-refractivity contribution in [2.75, 3.05) is 30.8 Å². The van der Waals surface area contributed by atoms with E-state index in [2.05, 4.69) is 10.3 Å². The molecule has 0 spiro atoms. The zero-order valence-electron chi connectivity index (χ0n) is 10.3. The number of hydrogen-bond donors (Lipinski definition) is 2. The first kappa shape index (κ1) is 14.1. The van der Waals surface area contributed by atoms with Crippen molar-refractivity contribution < 1.29 is 13.6 Å². The van der Waals surface area contributed by atoms with Crippen molar-refractivity contribution in [1.82, 2.24) is 10.3 Å². The van der Waals surface area contributed by atoms with E-state index in [-0.39, 0.29) is 24.1 Å². The van der Waals surface area contributed by atoms with Gasteiger partial charge in [0, 0.05) is 19.7 Å². The van der Waals surface area contributed by atoms with Crippen molar-refractivity contribution >= 4 is 17.5 Å². The van der Waals surface area contributed by atoms with Crippen LogP contribution >= 0.6 is 0 Å². The molecular formula is C11H16F2N4O. The minimum atomic E-state index is -0.910. The first-order valence-corrected chi connectivity index (χ1v) is 5.56. The lowest BCUT2D eigenvalue weighted by atomic mass is 10.3. The molecular weight excluding hydrogens is 242 g/mol. The summed E-state index contributed by atoms with van der Waals surface area (Å²) >= 11 is 0. The number of carbonyl (C=O) groups is 1. The third-order valence-electron chi connectivity index (χ3n) is 2.34. The second-order valence-corrected chi connectivity index (χ2v) is 3.76. The van der Waals surface area contributed by atoms with Crippen LogP contribution in [0.4, 0.5) is 20.4 Å². The minimum Gasteiger partial charge on any atom is -0.381 e. The number of nitrogens with one attached hydrogen (secondary N) is 1. The summed E-state index contributed by atoms with van der Waals surface area (Å²) in [4.78, 5) is 16.4. The smallest absolute Gasteiger partial charge is 0.239 e. The van der Waals surface area contributed by atoms with Crippen LogP contribution in [0.15, 0.2) is 6.07 Å². The molecule has 100 valence electrons. The Hall–Kier alpha value is -1.92. The van der Waals surface area contributed by atoms with Crippen LogP contribution in [0.1, 0.15) is 13.3 Å². The van der Waals surface area contributed by atoms with Crippen LogP contribution < -0.4 is 16.0 Å². The summed E-state index contributed by atoms with van der Waals surface area (Å²) in [6.45, 7) is 2.24. The molecule has 3 N–H and O–H groups in total. The summed E-state index contributed by atoms with van der Waals surface area (Å²) in [5.74, 6) is -2.52. The Morgan fingerprint density at radius 2 is 2.17 bits per heavy atom. The first-order chi connectivity index (χ1) is 8.49. The minimum absolute atomic E-state index is 0.0562. The second-order valence-electron chi connectivity index (χ2n) is 3.76. The maximum atomic E-state index is 13.6. The van der Waals surface area contributed by atoms with Gasteiger partial charge in [0.2, 0.25) is 5.91 Å². The van der Waals surface area contributed by atoms with Gasteiger partial charge in [-0.05, 0) is 6.42 Å². The van der Waals surface area contributed by atoms with E-state index in [0.717, 1.165) is 0 Å². The highest BCUT2D eigenvalue weighted by Crippen LogP contribution is 2.20. The van der Waals surface area contributed by atoms with Crippen molar-refractivity contribution in [3.8, 4) is 0 Å². The zero-order valence-corrected chi connectivity index (χ0v) is 10.3. The Kier molecular flexibility index (Phi) is 4.82. The van der Waals surface area contributed by atoms with E-state index in [1.54, 1.807) is 0 Å². The SMILES string of the molecule is CCCN(CC(=O)NC)c1nc(N)c(F)cc1F. The number of carbonyl (C=O) groups excluding carboxylic acids is 1. The van der Waals surface area contributed by atoms with Crippen molar-refractivity contribution in [2.45, 2.75) is 13.3 Å². The fourth-order valence-electron chi connectivity index (χ4n) is 1.47. The van der Waals surface area contributed by atoms with Crippen LogP contribution in [0, 0.1) is 11.6 Å². The predicted octanol–water partition coefficient (Wildman–Crippen LogP) is 0.904. The molecule has 5 nitrogen and oxygen atoms in total. The third kappa shape index (κ3) is 3.28. The second kappa shape index (κ2) is 6.13. The maximum absolute atomic E-state index is 13.6. The molecule has 18 heavy (non-hydrogen) atoms. The van der Waals surface area contributed by atoms with Crippen molar-refractivity contribution in [2.24, 2.45) is 0 Å². The van der Waals surface area contributed by atoms with Gasteiger partial charge in [-0.25, -0.2) is 13.8 Å². The van der Waals surface area contributed by atoms with Crippen LogP contribution in [0.25, 0.3) is 0 Å². The number of anilines is 2.